The van der Waals surface area contributed by atoms with Gasteiger partial charge in [0.15, 0.2) is 0 Å². The number of benzene rings is 2. The van der Waals surface area contributed by atoms with Crippen molar-refractivity contribution in [2.75, 3.05) is 18.0 Å². The van der Waals surface area contributed by atoms with E-state index in [2.05, 4.69) is 0 Å². The molecule has 1 unspecified atom stereocenters. The Kier molecular flexibility index (Phi) is 7.64. The van der Waals surface area contributed by atoms with Gasteiger partial charge in [0.25, 0.3) is 5.91 Å². The molecule has 7 nitrogen and oxygen atoms in total. The van der Waals surface area contributed by atoms with Crippen molar-refractivity contribution in [1.82, 2.24) is 4.90 Å². The van der Waals surface area contributed by atoms with Crippen LogP contribution in [-0.4, -0.2) is 52.2 Å². The maximum Gasteiger partial charge on any atom is 0.407 e. The van der Waals surface area contributed by atoms with E-state index in [-0.39, 0.29) is 27.7 Å². The molecule has 2 heterocycles. The van der Waals surface area contributed by atoms with Crippen molar-refractivity contribution in [3.63, 3.8) is 0 Å². The van der Waals surface area contributed by atoms with Crippen molar-refractivity contribution in [3.05, 3.63) is 75.1 Å². The van der Waals surface area contributed by atoms with Crippen LogP contribution in [-0.2, 0) is 0 Å². The van der Waals surface area contributed by atoms with Crippen LogP contribution in [0.25, 0.3) is 10.4 Å². The van der Waals surface area contributed by atoms with E-state index in [1.807, 2.05) is 30.3 Å². The lowest BCUT2D eigenvalue weighted by Gasteiger charge is -2.31. The Balaban J connectivity index is 1.83. The highest BCUT2D eigenvalue weighted by Gasteiger charge is 2.34. The topological polar surface area (TPSA) is 98.2 Å². The van der Waals surface area contributed by atoms with Gasteiger partial charge in [-0.2, -0.15) is 0 Å². The van der Waals surface area contributed by atoms with Crippen molar-refractivity contribution < 1.29 is 24.6 Å². The second-order valence-corrected chi connectivity index (χ2v) is 10.0. The zero-order chi connectivity index (χ0) is 25.1. The molecule has 1 aliphatic rings. The standard InChI is InChI=1S/C25H22Cl2N2O5S/c26-16-8-9-18(19(27)13-16)23(30)29(17-7-4-11-28(12-10-17)25(33)34)20-14-21(35-22(20)24(31)32)15-5-2-1-3-6-15/h1-3,5-6,8-9,13-14,17H,4,7,10-12H2,(H,31,32)(H,33,34). The average molecular weight is 533 g/mol. The first kappa shape index (κ1) is 25.0. The smallest absolute Gasteiger partial charge is 0.407 e. The lowest BCUT2D eigenvalue weighted by Crippen LogP contribution is -2.42. The quantitative estimate of drug-likeness (QED) is 0.385. The molecule has 1 saturated heterocycles. The number of carbonyl (C=O) groups excluding carboxylic acids is 1. The fourth-order valence-corrected chi connectivity index (χ4v) is 5.73. The van der Waals surface area contributed by atoms with E-state index in [1.165, 1.54) is 21.9 Å². The molecule has 1 fully saturated rings. The number of aromatic carboxylic acids is 1. The van der Waals surface area contributed by atoms with E-state index in [4.69, 9.17) is 23.2 Å². The van der Waals surface area contributed by atoms with Crippen molar-refractivity contribution in [2.45, 2.75) is 25.3 Å². The molecule has 1 aromatic heterocycles. The van der Waals surface area contributed by atoms with Crippen molar-refractivity contribution in [3.8, 4) is 10.4 Å². The summed E-state index contributed by atoms with van der Waals surface area (Å²) < 4.78 is 0. The Morgan fingerprint density at radius 3 is 2.37 bits per heavy atom. The molecule has 0 bridgehead atoms. The molecule has 2 aromatic carbocycles. The number of rotatable bonds is 5. The third-order valence-corrected chi connectivity index (χ3v) is 7.65. The van der Waals surface area contributed by atoms with Gasteiger partial charge in [-0.05, 0) is 49.1 Å². The van der Waals surface area contributed by atoms with E-state index >= 15 is 0 Å². The van der Waals surface area contributed by atoms with Crippen LogP contribution in [0.3, 0.4) is 0 Å². The maximum atomic E-state index is 13.9. The molecule has 35 heavy (non-hydrogen) atoms. The van der Waals surface area contributed by atoms with Crippen LogP contribution >= 0.6 is 34.5 Å². The summed E-state index contributed by atoms with van der Waals surface area (Å²) in [6, 6.07) is 15.2. The Morgan fingerprint density at radius 1 is 0.971 bits per heavy atom. The monoisotopic (exact) mass is 532 g/mol. The van der Waals surface area contributed by atoms with E-state index in [9.17, 15) is 24.6 Å². The van der Waals surface area contributed by atoms with Crippen LogP contribution < -0.4 is 4.90 Å². The minimum atomic E-state index is -1.15. The van der Waals surface area contributed by atoms with Gasteiger partial charge in [-0.15, -0.1) is 11.3 Å². The molecular formula is C25H22Cl2N2O5S. The van der Waals surface area contributed by atoms with E-state index in [1.54, 1.807) is 12.1 Å². The molecule has 1 aliphatic heterocycles. The number of carboxylic acid groups (broad SMARTS) is 2. The Morgan fingerprint density at radius 2 is 1.71 bits per heavy atom. The zero-order valence-corrected chi connectivity index (χ0v) is 20.8. The van der Waals surface area contributed by atoms with Gasteiger partial charge in [-0.3, -0.25) is 4.79 Å². The number of halogens is 2. The summed E-state index contributed by atoms with van der Waals surface area (Å²) in [4.78, 5) is 41.2. The number of hydrogen-bond donors (Lipinski definition) is 2. The van der Waals surface area contributed by atoms with Crippen LogP contribution in [0.5, 0.6) is 0 Å². The Hall–Kier alpha value is -3.07. The SMILES string of the molecule is O=C(O)c1sc(-c2ccccc2)cc1N(C(=O)c1ccc(Cl)cc1Cl)C1CCCN(C(=O)O)CC1. The molecule has 0 aliphatic carbocycles. The van der Waals surface area contributed by atoms with Gasteiger partial charge in [-0.1, -0.05) is 53.5 Å². The van der Waals surface area contributed by atoms with Crippen LogP contribution in [0.4, 0.5) is 10.5 Å². The number of nitrogens with zero attached hydrogens (tertiary/aromatic N) is 2. The van der Waals surface area contributed by atoms with Crippen LogP contribution in [0, 0.1) is 0 Å². The number of thiophene rings is 1. The lowest BCUT2D eigenvalue weighted by molar-refractivity contribution is 0.0702. The summed E-state index contributed by atoms with van der Waals surface area (Å²) in [5.74, 6) is -1.60. The van der Waals surface area contributed by atoms with E-state index in [0.29, 0.717) is 35.7 Å². The second-order valence-electron chi connectivity index (χ2n) is 8.15. The van der Waals surface area contributed by atoms with Gasteiger partial charge in [0.1, 0.15) is 4.88 Å². The second kappa shape index (κ2) is 10.7. The highest BCUT2D eigenvalue weighted by Crippen LogP contribution is 2.40. The van der Waals surface area contributed by atoms with Gasteiger partial charge in [0.05, 0.1) is 16.3 Å². The maximum absolute atomic E-state index is 13.9. The van der Waals surface area contributed by atoms with Crippen molar-refractivity contribution in [1.29, 1.82) is 0 Å². The first-order valence-corrected chi connectivity index (χ1v) is 12.5. The first-order chi connectivity index (χ1) is 16.8. The molecule has 2 amide bonds. The lowest BCUT2D eigenvalue weighted by atomic mass is 10.0. The number of hydrogen-bond acceptors (Lipinski definition) is 4. The van der Waals surface area contributed by atoms with Crippen LogP contribution in [0.15, 0.2) is 54.6 Å². The predicted octanol–water partition coefficient (Wildman–Crippen LogP) is 6.60. The molecule has 182 valence electrons. The van der Waals surface area contributed by atoms with Crippen molar-refractivity contribution >= 4 is 58.2 Å². The fraction of sp³-hybridized carbons (Fsp3) is 0.240. The fourth-order valence-electron chi connectivity index (χ4n) is 4.25. The molecular weight excluding hydrogens is 511 g/mol. The van der Waals surface area contributed by atoms with Gasteiger partial charge < -0.3 is 20.0 Å². The number of anilines is 1. The number of carbonyl (C=O) groups is 3. The summed E-state index contributed by atoms with van der Waals surface area (Å²) in [5.41, 5.74) is 1.30. The normalized spacial score (nSPS) is 15.9. The highest BCUT2D eigenvalue weighted by atomic mass is 35.5. The first-order valence-electron chi connectivity index (χ1n) is 10.9. The zero-order valence-electron chi connectivity index (χ0n) is 18.5. The van der Waals surface area contributed by atoms with Crippen LogP contribution in [0.2, 0.25) is 10.0 Å². The molecule has 3 aromatic rings. The molecule has 4 rings (SSSR count). The van der Waals surface area contributed by atoms with Crippen LogP contribution in [0.1, 0.15) is 39.3 Å². The summed E-state index contributed by atoms with van der Waals surface area (Å²) >= 11 is 13.5. The Labute approximate surface area is 216 Å². The third kappa shape index (κ3) is 5.45. The summed E-state index contributed by atoms with van der Waals surface area (Å²) in [7, 11) is 0. The highest BCUT2D eigenvalue weighted by molar-refractivity contribution is 7.18. The largest absolute Gasteiger partial charge is 0.477 e. The molecule has 0 saturated carbocycles. The minimum Gasteiger partial charge on any atom is -0.477 e. The predicted molar refractivity (Wildman–Crippen MR) is 137 cm³/mol. The number of amides is 2. The molecule has 0 radical (unpaired) electrons. The summed E-state index contributed by atoms with van der Waals surface area (Å²) in [5, 5.41) is 20.0. The van der Waals surface area contributed by atoms with Gasteiger partial charge in [0, 0.05) is 29.0 Å². The number of carboxylic acids is 1. The summed E-state index contributed by atoms with van der Waals surface area (Å²) in [6.07, 6.45) is 0.389. The van der Waals surface area contributed by atoms with Gasteiger partial charge >= 0.3 is 12.1 Å². The molecule has 10 heteroatoms. The van der Waals surface area contributed by atoms with Gasteiger partial charge in [0.2, 0.25) is 0 Å². The molecule has 0 spiro atoms. The Bertz CT molecular complexity index is 1260. The minimum absolute atomic E-state index is 0.0293. The third-order valence-electron chi connectivity index (χ3n) is 5.94. The molecule has 2 N–H and O–H groups in total. The van der Waals surface area contributed by atoms with E-state index in [0.717, 1.165) is 16.9 Å². The van der Waals surface area contributed by atoms with Gasteiger partial charge in [-0.25, -0.2) is 9.59 Å². The average Bonchev–Trinajstić information content (AvgIpc) is 3.11. The summed E-state index contributed by atoms with van der Waals surface area (Å²) in [6.45, 7) is 0.580. The number of likely N-dealkylation sites (tertiary alicyclic amines) is 1. The van der Waals surface area contributed by atoms with Crippen molar-refractivity contribution in [2.24, 2.45) is 0 Å². The molecule has 1 atom stereocenters. The van der Waals surface area contributed by atoms with E-state index < -0.39 is 24.0 Å².